The van der Waals surface area contributed by atoms with Crippen LogP contribution in [-0.2, 0) is 7.05 Å². The molecule has 1 aromatic rings. The minimum atomic E-state index is -0.112. The molecule has 1 heterocycles. The average molecular weight is 244 g/mol. The van der Waals surface area contributed by atoms with Crippen LogP contribution in [0.1, 0.15) is 30.3 Å². The highest BCUT2D eigenvalue weighted by Gasteiger charge is 2.07. The highest BCUT2D eigenvalue weighted by molar-refractivity contribution is 6.18. The lowest BCUT2D eigenvalue weighted by Crippen LogP contribution is -2.25. The van der Waals surface area contributed by atoms with Gasteiger partial charge in [0.2, 0.25) is 0 Å². The van der Waals surface area contributed by atoms with E-state index < -0.39 is 0 Å². The van der Waals surface area contributed by atoms with Crippen molar-refractivity contribution in [2.24, 2.45) is 13.0 Å². The van der Waals surface area contributed by atoms with Crippen molar-refractivity contribution in [1.82, 2.24) is 15.1 Å². The number of nitrogens with zero attached hydrogens (tertiary/aromatic N) is 2. The van der Waals surface area contributed by atoms with Crippen LogP contribution in [-0.4, -0.2) is 28.1 Å². The molecule has 0 spiro atoms. The van der Waals surface area contributed by atoms with Gasteiger partial charge in [-0.25, -0.2) is 0 Å². The Labute approximate surface area is 101 Å². The summed E-state index contributed by atoms with van der Waals surface area (Å²) in [4.78, 5) is 11.6. The Balaban J connectivity index is 2.21. The van der Waals surface area contributed by atoms with Crippen molar-refractivity contribution >= 4 is 17.5 Å². The number of hydrogen-bond acceptors (Lipinski definition) is 2. The zero-order valence-corrected chi connectivity index (χ0v) is 10.5. The molecule has 90 valence electrons. The fraction of sp³-hybridized carbons (Fsp3) is 0.636. The number of aryl methyl sites for hydroxylation is 1. The van der Waals surface area contributed by atoms with Crippen molar-refractivity contribution < 1.29 is 4.79 Å². The third-order valence-electron chi connectivity index (χ3n) is 2.37. The molecule has 0 aliphatic heterocycles. The zero-order chi connectivity index (χ0) is 12.0. The maximum absolute atomic E-state index is 11.6. The maximum Gasteiger partial charge on any atom is 0.271 e. The number of amides is 1. The molecule has 1 atom stereocenters. The highest BCUT2D eigenvalue weighted by Crippen LogP contribution is 2.06. The van der Waals surface area contributed by atoms with Crippen LogP contribution in [0.15, 0.2) is 12.3 Å². The van der Waals surface area contributed by atoms with Crippen LogP contribution in [0.4, 0.5) is 0 Å². The normalized spacial score (nSPS) is 12.4. The molecule has 16 heavy (non-hydrogen) atoms. The second-order valence-electron chi connectivity index (χ2n) is 4.03. The predicted molar refractivity (Wildman–Crippen MR) is 64.7 cm³/mol. The van der Waals surface area contributed by atoms with E-state index in [1.807, 2.05) is 0 Å². The summed E-state index contributed by atoms with van der Waals surface area (Å²) in [5, 5.41) is 6.86. The molecule has 5 heteroatoms. The molecule has 0 fully saturated rings. The van der Waals surface area contributed by atoms with Gasteiger partial charge in [0.1, 0.15) is 5.69 Å². The van der Waals surface area contributed by atoms with E-state index in [1.54, 1.807) is 24.0 Å². The summed E-state index contributed by atoms with van der Waals surface area (Å²) in [6.07, 6.45) is 3.74. The molecular weight excluding hydrogens is 226 g/mol. The average Bonchev–Trinajstić information content (AvgIpc) is 2.70. The van der Waals surface area contributed by atoms with Gasteiger partial charge in [-0.3, -0.25) is 9.48 Å². The Bertz CT molecular complexity index is 338. The Hall–Kier alpha value is -1.03. The van der Waals surface area contributed by atoms with Crippen LogP contribution in [0.2, 0.25) is 0 Å². The van der Waals surface area contributed by atoms with Gasteiger partial charge in [0, 0.05) is 25.7 Å². The molecule has 0 saturated heterocycles. The van der Waals surface area contributed by atoms with Gasteiger partial charge in [0.05, 0.1) is 0 Å². The summed E-state index contributed by atoms with van der Waals surface area (Å²) in [5.74, 6) is 1.07. The van der Waals surface area contributed by atoms with E-state index >= 15 is 0 Å². The molecule has 0 saturated carbocycles. The number of carbonyl (C=O) groups excluding carboxylic acids is 1. The van der Waals surface area contributed by atoms with Gasteiger partial charge in [-0.15, -0.1) is 11.6 Å². The van der Waals surface area contributed by atoms with E-state index in [9.17, 15) is 4.79 Å². The molecule has 0 radical (unpaired) electrons. The summed E-state index contributed by atoms with van der Waals surface area (Å²) in [5.41, 5.74) is 0.466. The smallest absolute Gasteiger partial charge is 0.271 e. The minimum absolute atomic E-state index is 0.112. The Morgan fingerprint density at radius 3 is 3.00 bits per heavy atom. The maximum atomic E-state index is 11.6. The molecule has 0 aliphatic carbocycles. The summed E-state index contributed by atoms with van der Waals surface area (Å²) in [6, 6.07) is 1.71. The molecule has 0 aliphatic rings. The van der Waals surface area contributed by atoms with Gasteiger partial charge in [-0.2, -0.15) is 5.10 Å². The van der Waals surface area contributed by atoms with E-state index in [0.29, 0.717) is 24.0 Å². The zero-order valence-electron chi connectivity index (χ0n) is 9.74. The molecule has 0 aromatic carbocycles. The lowest BCUT2D eigenvalue weighted by molar-refractivity contribution is 0.0947. The monoisotopic (exact) mass is 243 g/mol. The standard InChI is InChI=1S/C11H18ClN3O/c1-9(8-12)4-3-6-13-11(16)10-5-7-15(2)14-10/h5,7,9H,3-4,6,8H2,1-2H3,(H,13,16). The summed E-state index contributed by atoms with van der Waals surface area (Å²) in [6.45, 7) is 2.78. The second kappa shape index (κ2) is 6.53. The first-order valence-corrected chi connectivity index (χ1v) is 6.00. The van der Waals surface area contributed by atoms with Gasteiger partial charge < -0.3 is 5.32 Å². The third-order valence-corrected chi connectivity index (χ3v) is 2.90. The van der Waals surface area contributed by atoms with Crippen LogP contribution in [0, 0.1) is 5.92 Å². The number of aromatic nitrogens is 2. The van der Waals surface area contributed by atoms with Gasteiger partial charge in [-0.05, 0) is 24.8 Å². The minimum Gasteiger partial charge on any atom is -0.351 e. The Morgan fingerprint density at radius 1 is 1.69 bits per heavy atom. The van der Waals surface area contributed by atoms with Crippen LogP contribution in [0.25, 0.3) is 0 Å². The Kier molecular flexibility index (Phi) is 5.32. The van der Waals surface area contributed by atoms with Crippen molar-refractivity contribution in [1.29, 1.82) is 0 Å². The fourth-order valence-corrected chi connectivity index (χ4v) is 1.51. The lowest BCUT2D eigenvalue weighted by atomic mass is 10.1. The molecule has 1 N–H and O–H groups in total. The molecule has 1 unspecified atom stereocenters. The second-order valence-corrected chi connectivity index (χ2v) is 4.34. The summed E-state index contributed by atoms with van der Waals surface area (Å²) >= 11 is 5.69. The molecule has 1 rings (SSSR count). The van der Waals surface area contributed by atoms with Crippen molar-refractivity contribution in [2.75, 3.05) is 12.4 Å². The first-order valence-electron chi connectivity index (χ1n) is 5.47. The quantitative estimate of drug-likeness (QED) is 0.612. The van der Waals surface area contributed by atoms with Crippen LogP contribution < -0.4 is 5.32 Å². The van der Waals surface area contributed by atoms with E-state index in [0.717, 1.165) is 12.8 Å². The van der Waals surface area contributed by atoms with Crippen LogP contribution in [0.3, 0.4) is 0 Å². The Morgan fingerprint density at radius 2 is 2.44 bits per heavy atom. The van der Waals surface area contributed by atoms with Crippen molar-refractivity contribution in [3.05, 3.63) is 18.0 Å². The molecular formula is C11H18ClN3O. The number of nitrogens with one attached hydrogen (secondary N) is 1. The molecule has 1 amide bonds. The molecule has 4 nitrogen and oxygen atoms in total. The van der Waals surface area contributed by atoms with Crippen molar-refractivity contribution in [3.8, 4) is 0 Å². The number of rotatable bonds is 6. The number of hydrogen-bond donors (Lipinski definition) is 1. The van der Waals surface area contributed by atoms with E-state index in [1.165, 1.54) is 0 Å². The van der Waals surface area contributed by atoms with Gasteiger partial charge in [-0.1, -0.05) is 6.92 Å². The van der Waals surface area contributed by atoms with Crippen LogP contribution >= 0.6 is 11.6 Å². The first kappa shape index (κ1) is 13.0. The van der Waals surface area contributed by atoms with Gasteiger partial charge in [0.25, 0.3) is 5.91 Å². The molecule has 1 aromatic heterocycles. The summed E-state index contributed by atoms with van der Waals surface area (Å²) < 4.78 is 1.62. The van der Waals surface area contributed by atoms with Gasteiger partial charge in [0.15, 0.2) is 0 Å². The molecule has 0 bridgehead atoms. The fourth-order valence-electron chi connectivity index (χ4n) is 1.36. The first-order chi connectivity index (χ1) is 7.63. The van der Waals surface area contributed by atoms with E-state index in [2.05, 4.69) is 17.3 Å². The predicted octanol–water partition coefficient (Wildman–Crippen LogP) is 1.80. The van der Waals surface area contributed by atoms with Crippen molar-refractivity contribution in [2.45, 2.75) is 19.8 Å². The highest BCUT2D eigenvalue weighted by atomic mass is 35.5. The number of alkyl halides is 1. The largest absolute Gasteiger partial charge is 0.351 e. The van der Waals surface area contributed by atoms with Crippen LogP contribution in [0.5, 0.6) is 0 Å². The topological polar surface area (TPSA) is 46.9 Å². The van der Waals surface area contributed by atoms with Gasteiger partial charge >= 0.3 is 0 Å². The summed E-state index contributed by atoms with van der Waals surface area (Å²) in [7, 11) is 1.79. The number of carbonyl (C=O) groups is 1. The van der Waals surface area contributed by atoms with E-state index in [4.69, 9.17) is 11.6 Å². The third kappa shape index (κ3) is 4.23. The number of halogens is 1. The lowest BCUT2D eigenvalue weighted by Gasteiger charge is -2.07. The SMILES string of the molecule is CC(CCl)CCCNC(=O)c1ccn(C)n1. The van der Waals surface area contributed by atoms with Crippen molar-refractivity contribution in [3.63, 3.8) is 0 Å². The van der Waals surface area contributed by atoms with E-state index in [-0.39, 0.29) is 5.91 Å².